The number of hydrogen-bond donors (Lipinski definition) is 2. The Morgan fingerprint density at radius 2 is 2.21 bits per heavy atom. The molecule has 3 fully saturated rings. The van der Waals surface area contributed by atoms with E-state index < -0.39 is 5.60 Å². The molecule has 2 amide bonds. The predicted molar refractivity (Wildman–Crippen MR) is 69.2 cm³/mol. The van der Waals surface area contributed by atoms with Crippen molar-refractivity contribution in [2.24, 2.45) is 11.8 Å². The highest BCUT2D eigenvalue weighted by Crippen LogP contribution is 2.40. The zero-order chi connectivity index (χ0) is 13.5. The van der Waals surface area contributed by atoms with Crippen molar-refractivity contribution in [2.45, 2.75) is 44.1 Å². The zero-order valence-electron chi connectivity index (χ0n) is 11.2. The minimum absolute atomic E-state index is 0.0236. The number of rotatable bonds is 1. The Hall–Kier alpha value is -1.10. The Bertz CT molecular complexity index is 398. The second kappa shape index (κ2) is 4.78. The maximum absolute atomic E-state index is 12.4. The molecule has 2 aliphatic heterocycles. The van der Waals surface area contributed by atoms with E-state index in [1.807, 2.05) is 4.90 Å². The van der Waals surface area contributed by atoms with E-state index in [0.29, 0.717) is 32.5 Å². The van der Waals surface area contributed by atoms with Crippen LogP contribution in [0.15, 0.2) is 0 Å². The summed E-state index contributed by atoms with van der Waals surface area (Å²) in [5.74, 6) is 0.0989. The van der Waals surface area contributed by atoms with Gasteiger partial charge in [-0.25, -0.2) is 0 Å². The lowest BCUT2D eigenvalue weighted by atomic mass is 9.71. The molecule has 0 aromatic carbocycles. The Kier molecular flexibility index (Phi) is 3.25. The van der Waals surface area contributed by atoms with Crippen LogP contribution in [0.5, 0.6) is 0 Å². The van der Waals surface area contributed by atoms with Gasteiger partial charge in [-0.1, -0.05) is 12.8 Å². The second-order valence-electron chi connectivity index (χ2n) is 6.29. The molecule has 3 atom stereocenters. The molecule has 2 heterocycles. The van der Waals surface area contributed by atoms with Crippen molar-refractivity contribution in [3.8, 4) is 0 Å². The molecule has 19 heavy (non-hydrogen) atoms. The molecule has 5 heteroatoms. The van der Waals surface area contributed by atoms with Crippen molar-refractivity contribution in [3.05, 3.63) is 0 Å². The first kappa shape index (κ1) is 12.9. The van der Waals surface area contributed by atoms with E-state index >= 15 is 0 Å². The monoisotopic (exact) mass is 266 g/mol. The molecule has 3 aliphatic rings. The summed E-state index contributed by atoms with van der Waals surface area (Å²) in [6, 6.07) is 0. The van der Waals surface area contributed by atoms with E-state index in [0.717, 1.165) is 25.7 Å². The lowest BCUT2D eigenvalue weighted by Crippen LogP contribution is -2.55. The Morgan fingerprint density at radius 1 is 1.37 bits per heavy atom. The highest BCUT2D eigenvalue weighted by atomic mass is 16.3. The summed E-state index contributed by atoms with van der Waals surface area (Å²) in [7, 11) is 0. The largest absolute Gasteiger partial charge is 0.389 e. The van der Waals surface area contributed by atoms with Crippen LogP contribution >= 0.6 is 0 Å². The van der Waals surface area contributed by atoms with Gasteiger partial charge in [-0.3, -0.25) is 9.59 Å². The fourth-order valence-electron chi connectivity index (χ4n) is 3.81. The maximum atomic E-state index is 12.4. The van der Waals surface area contributed by atoms with Gasteiger partial charge >= 0.3 is 0 Å². The molecular formula is C14H22N2O3. The van der Waals surface area contributed by atoms with Gasteiger partial charge in [-0.15, -0.1) is 0 Å². The van der Waals surface area contributed by atoms with E-state index in [1.54, 1.807) is 0 Å². The molecule has 1 saturated carbocycles. The number of likely N-dealkylation sites (tertiary alicyclic amines) is 1. The number of carbonyl (C=O) groups is 2. The third-order valence-electron chi connectivity index (χ3n) is 5.07. The lowest BCUT2D eigenvalue weighted by molar-refractivity contribution is -0.147. The van der Waals surface area contributed by atoms with Gasteiger partial charge in [-0.05, 0) is 19.3 Å². The van der Waals surface area contributed by atoms with Crippen molar-refractivity contribution >= 4 is 11.8 Å². The molecule has 106 valence electrons. The number of carbonyl (C=O) groups excluding carboxylic acids is 2. The number of hydrogen-bond acceptors (Lipinski definition) is 3. The third kappa shape index (κ3) is 2.36. The summed E-state index contributed by atoms with van der Waals surface area (Å²) in [6.45, 7) is 1.78. The Balaban J connectivity index is 1.64. The highest BCUT2D eigenvalue weighted by molar-refractivity contribution is 5.89. The van der Waals surface area contributed by atoms with Gasteiger partial charge in [0.1, 0.15) is 0 Å². The summed E-state index contributed by atoms with van der Waals surface area (Å²) in [4.78, 5) is 25.4. The summed E-state index contributed by atoms with van der Waals surface area (Å²) in [6.07, 6.45) is 5.16. The van der Waals surface area contributed by atoms with Crippen molar-refractivity contribution in [2.75, 3.05) is 19.6 Å². The third-order valence-corrected chi connectivity index (χ3v) is 5.07. The molecule has 0 aromatic rings. The van der Waals surface area contributed by atoms with E-state index in [-0.39, 0.29) is 23.7 Å². The van der Waals surface area contributed by atoms with E-state index in [1.165, 1.54) is 0 Å². The van der Waals surface area contributed by atoms with Crippen LogP contribution in [0.3, 0.4) is 0 Å². The van der Waals surface area contributed by atoms with Gasteiger partial charge in [0.15, 0.2) is 0 Å². The molecule has 0 bridgehead atoms. The molecular weight excluding hydrogens is 244 g/mol. The highest BCUT2D eigenvalue weighted by Gasteiger charge is 2.45. The average Bonchev–Trinajstić information content (AvgIpc) is 2.83. The quantitative estimate of drug-likeness (QED) is 0.716. The van der Waals surface area contributed by atoms with E-state index in [9.17, 15) is 14.7 Å². The molecule has 0 aromatic heterocycles. The van der Waals surface area contributed by atoms with Gasteiger partial charge < -0.3 is 15.3 Å². The van der Waals surface area contributed by atoms with Gasteiger partial charge in [-0.2, -0.15) is 0 Å². The Labute approximate surface area is 113 Å². The fourth-order valence-corrected chi connectivity index (χ4v) is 3.81. The molecule has 0 radical (unpaired) electrons. The number of piperidine rings is 1. The first-order valence-corrected chi connectivity index (χ1v) is 7.36. The minimum Gasteiger partial charge on any atom is -0.389 e. The lowest BCUT2D eigenvalue weighted by Gasteiger charge is -2.47. The zero-order valence-corrected chi connectivity index (χ0v) is 11.2. The first-order valence-electron chi connectivity index (χ1n) is 7.36. The molecule has 2 N–H and O–H groups in total. The first-order chi connectivity index (χ1) is 9.08. The topological polar surface area (TPSA) is 69.6 Å². The van der Waals surface area contributed by atoms with Gasteiger partial charge in [0.05, 0.1) is 11.5 Å². The van der Waals surface area contributed by atoms with Crippen molar-refractivity contribution in [1.82, 2.24) is 10.2 Å². The summed E-state index contributed by atoms with van der Waals surface area (Å²) < 4.78 is 0. The molecule has 1 aliphatic carbocycles. The van der Waals surface area contributed by atoms with Crippen LogP contribution in [-0.4, -0.2) is 47.1 Å². The normalized spacial score (nSPS) is 38.8. The van der Waals surface area contributed by atoms with Crippen LogP contribution in [0.2, 0.25) is 0 Å². The Morgan fingerprint density at radius 3 is 2.95 bits per heavy atom. The van der Waals surface area contributed by atoms with E-state index in [2.05, 4.69) is 5.32 Å². The summed E-state index contributed by atoms with van der Waals surface area (Å²) in [5.41, 5.74) is -0.543. The SMILES string of the molecule is O=C1CC(C(=O)N2CCC3(O)CCCCC3C2)CN1. The van der Waals surface area contributed by atoms with Crippen molar-refractivity contribution in [1.29, 1.82) is 0 Å². The predicted octanol–water partition coefficient (Wildman–Crippen LogP) is 0.276. The molecule has 5 nitrogen and oxygen atoms in total. The second-order valence-corrected chi connectivity index (χ2v) is 6.29. The number of nitrogens with one attached hydrogen (secondary N) is 1. The van der Waals surface area contributed by atoms with Crippen molar-refractivity contribution < 1.29 is 14.7 Å². The van der Waals surface area contributed by atoms with E-state index in [4.69, 9.17) is 0 Å². The van der Waals surface area contributed by atoms with Crippen LogP contribution in [0, 0.1) is 11.8 Å². The number of fused-ring (bicyclic) bond motifs is 1. The van der Waals surface area contributed by atoms with Gasteiger partial charge in [0.2, 0.25) is 11.8 Å². The van der Waals surface area contributed by atoms with Crippen LogP contribution in [0.25, 0.3) is 0 Å². The van der Waals surface area contributed by atoms with Gasteiger partial charge in [0, 0.05) is 32.0 Å². The van der Waals surface area contributed by atoms with Crippen LogP contribution < -0.4 is 5.32 Å². The average molecular weight is 266 g/mol. The fraction of sp³-hybridized carbons (Fsp3) is 0.857. The van der Waals surface area contributed by atoms with Gasteiger partial charge in [0.25, 0.3) is 0 Å². The molecule has 3 rings (SSSR count). The van der Waals surface area contributed by atoms with Crippen LogP contribution in [0.4, 0.5) is 0 Å². The molecule has 2 saturated heterocycles. The summed E-state index contributed by atoms with van der Waals surface area (Å²) in [5, 5.41) is 13.3. The smallest absolute Gasteiger partial charge is 0.227 e. The number of nitrogens with zero attached hydrogens (tertiary/aromatic N) is 1. The maximum Gasteiger partial charge on any atom is 0.227 e. The minimum atomic E-state index is -0.543. The van der Waals surface area contributed by atoms with Crippen LogP contribution in [-0.2, 0) is 9.59 Å². The number of amides is 2. The standard InChI is InChI=1S/C14H22N2O3/c17-12-7-10(8-15-12)13(18)16-6-5-14(19)4-2-1-3-11(14)9-16/h10-11,19H,1-9H2,(H,15,17). The molecule has 3 unspecified atom stereocenters. The molecule has 0 spiro atoms. The number of aliphatic hydroxyl groups is 1. The van der Waals surface area contributed by atoms with Crippen LogP contribution in [0.1, 0.15) is 38.5 Å². The summed E-state index contributed by atoms with van der Waals surface area (Å²) >= 11 is 0. The van der Waals surface area contributed by atoms with Crippen molar-refractivity contribution in [3.63, 3.8) is 0 Å².